The monoisotopic (exact) mass is 266 g/mol. The van der Waals surface area contributed by atoms with Crippen LogP contribution in [0, 0.1) is 0 Å². The highest BCUT2D eigenvalue weighted by molar-refractivity contribution is 6.06. The molecule has 1 N–H and O–H groups in total. The van der Waals surface area contributed by atoms with E-state index in [9.17, 15) is 14.7 Å². The third-order valence-corrected chi connectivity index (χ3v) is 2.95. The zero-order chi connectivity index (χ0) is 14.2. The third-order valence-electron chi connectivity index (χ3n) is 2.95. The number of carboxylic acid groups (broad SMARTS) is 1. The smallest absolute Gasteiger partial charge is 0.413 e. The zero-order valence-electron chi connectivity index (χ0n) is 10.8. The molecule has 1 aromatic carbocycles. The molecule has 7 nitrogen and oxygen atoms in total. The fourth-order valence-corrected chi connectivity index (χ4v) is 1.98. The maximum atomic E-state index is 12.1. The first-order valence-electron chi connectivity index (χ1n) is 5.51. The minimum absolute atomic E-state index is 0.0172. The predicted molar refractivity (Wildman–Crippen MR) is 67.0 cm³/mol. The highest BCUT2D eigenvalue weighted by Gasteiger charge is 2.32. The Labute approximate surface area is 109 Å². The highest BCUT2D eigenvalue weighted by Crippen LogP contribution is 2.37. The molecule has 0 spiro atoms. The maximum absolute atomic E-state index is 12.1. The molecule has 0 aromatic heterocycles. The molecule has 0 unspecified atom stereocenters. The van der Waals surface area contributed by atoms with E-state index < -0.39 is 6.09 Å². The average molecular weight is 266 g/mol. The van der Waals surface area contributed by atoms with Gasteiger partial charge in [-0.05, 0) is 6.07 Å². The number of ether oxygens (including phenoxy) is 2. The molecule has 0 saturated carbocycles. The van der Waals surface area contributed by atoms with Gasteiger partial charge in [-0.1, -0.05) is 0 Å². The summed E-state index contributed by atoms with van der Waals surface area (Å²) in [6.45, 7) is -0.0172. The van der Waals surface area contributed by atoms with Crippen LogP contribution in [0.15, 0.2) is 12.1 Å². The van der Waals surface area contributed by atoms with Gasteiger partial charge >= 0.3 is 6.09 Å². The molecule has 0 aliphatic carbocycles. The molecule has 7 heteroatoms. The lowest BCUT2D eigenvalue weighted by molar-refractivity contribution is 0.0782. The Hall–Kier alpha value is -2.44. The molecule has 1 aromatic rings. The Morgan fingerprint density at radius 1 is 1.26 bits per heavy atom. The lowest BCUT2D eigenvalue weighted by Crippen LogP contribution is -2.46. The van der Waals surface area contributed by atoms with Crippen LogP contribution in [0.3, 0.4) is 0 Å². The largest absolute Gasteiger partial charge is 0.493 e. The standard InChI is InChI=1S/C12H14N2O5/c1-13-6-14(12(16)17)8-5-10(19-3)9(18-2)4-7(8)11(13)15/h4-5H,6H2,1-3H3,(H,16,17). The fraction of sp³-hybridized carbons (Fsp3) is 0.333. The number of carbonyl (C=O) groups is 2. The minimum atomic E-state index is -1.13. The van der Waals surface area contributed by atoms with E-state index in [0.717, 1.165) is 4.90 Å². The Kier molecular flexibility index (Phi) is 3.20. The Morgan fingerprint density at radius 3 is 2.37 bits per heavy atom. The molecule has 0 fully saturated rings. The van der Waals surface area contributed by atoms with Gasteiger partial charge in [-0.25, -0.2) is 4.79 Å². The second-order valence-corrected chi connectivity index (χ2v) is 4.08. The highest BCUT2D eigenvalue weighted by atomic mass is 16.5. The van der Waals surface area contributed by atoms with E-state index in [1.165, 1.54) is 38.3 Å². The van der Waals surface area contributed by atoms with Crippen LogP contribution in [0.1, 0.15) is 10.4 Å². The number of anilines is 1. The van der Waals surface area contributed by atoms with Gasteiger partial charge in [-0.3, -0.25) is 9.69 Å². The first-order chi connectivity index (χ1) is 8.99. The van der Waals surface area contributed by atoms with Gasteiger partial charge in [0.25, 0.3) is 5.91 Å². The van der Waals surface area contributed by atoms with Gasteiger partial charge in [0.1, 0.15) is 6.67 Å². The molecule has 2 rings (SSSR count). The minimum Gasteiger partial charge on any atom is -0.493 e. The van der Waals surface area contributed by atoms with Crippen LogP contribution < -0.4 is 14.4 Å². The number of amides is 2. The van der Waals surface area contributed by atoms with E-state index in [1.807, 2.05) is 0 Å². The summed E-state index contributed by atoms with van der Waals surface area (Å²) in [4.78, 5) is 25.7. The van der Waals surface area contributed by atoms with Gasteiger partial charge < -0.3 is 19.5 Å². The van der Waals surface area contributed by atoms with Gasteiger partial charge in [0.05, 0.1) is 25.5 Å². The lowest BCUT2D eigenvalue weighted by Gasteiger charge is -2.33. The van der Waals surface area contributed by atoms with Crippen molar-refractivity contribution in [3.63, 3.8) is 0 Å². The molecule has 1 heterocycles. The summed E-state index contributed by atoms with van der Waals surface area (Å²) in [6, 6.07) is 2.98. The van der Waals surface area contributed by atoms with E-state index >= 15 is 0 Å². The molecule has 19 heavy (non-hydrogen) atoms. The third kappa shape index (κ3) is 2.03. The Morgan fingerprint density at radius 2 is 1.84 bits per heavy atom. The second-order valence-electron chi connectivity index (χ2n) is 4.08. The summed E-state index contributed by atoms with van der Waals surface area (Å²) < 4.78 is 10.2. The van der Waals surface area contributed by atoms with E-state index in [2.05, 4.69) is 0 Å². The molecule has 0 bridgehead atoms. The van der Waals surface area contributed by atoms with E-state index in [0.29, 0.717) is 17.2 Å². The molecule has 0 saturated heterocycles. The van der Waals surface area contributed by atoms with Crippen LogP contribution in [0.4, 0.5) is 10.5 Å². The number of hydrogen-bond acceptors (Lipinski definition) is 4. The number of benzene rings is 1. The number of fused-ring (bicyclic) bond motifs is 1. The van der Waals surface area contributed by atoms with Crippen molar-refractivity contribution in [3.05, 3.63) is 17.7 Å². The maximum Gasteiger partial charge on any atom is 0.413 e. The SMILES string of the molecule is COc1cc2c(cc1OC)N(C(=O)O)CN(C)C2=O. The average Bonchev–Trinajstić information content (AvgIpc) is 2.41. The van der Waals surface area contributed by atoms with Crippen molar-refractivity contribution >= 4 is 17.7 Å². The van der Waals surface area contributed by atoms with Crippen molar-refractivity contribution in [2.24, 2.45) is 0 Å². The normalized spacial score (nSPS) is 14.2. The first kappa shape index (κ1) is 13.0. The van der Waals surface area contributed by atoms with Crippen LogP contribution in [0.2, 0.25) is 0 Å². The first-order valence-corrected chi connectivity index (χ1v) is 5.51. The topological polar surface area (TPSA) is 79.3 Å². The van der Waals surface area contributed by atoms with Crippen molar-refractivity contribution in [1.82, 2.24) is 4.90 Å². The van der Waals surface area contributed by atoms with E-state index in [4.69, 9.17) is 9.47 Å². The van der Waals surface area contributed by atoms with Crippen molar-refractivity contribution in [1.29, 1.82) is 0 Å². The molecule has 102 valence electrons. The van der Waals surface area contributed by atoms with Gasteiger partial charge in [0, 0.05) is 13.1 Å². The summed E-state index contributed by atoms with van der Waals surface area (Å²) >= 11 is 0. The molecule has 0 atom stereocenters. The number of carbonyl (C=O) groups excluding carboxylic acids is 1. The van der Waals surface area contributed by atoms with Crippen LogP contribution in [0.5, 0.6) is 11.5 Å². The van der Waals surface area contributed by atoms with Gasteiger partial charge in [0.2, 0.25) is 0 Å². The van der Waals surface area contributed by atoms with Gasteiger partial charge in [-0.2, -0.15) is 0 Å². The molecule has 1 aliphatic heterocycles. The van der Waals surface area contributed by atoms with Crippen molar-refractivity contribution in [2.45, 2.75) is 0 Å². The van der Waals surface area contributed by atoms with Crippen LogP contribution in [-0.4, -0.2) is 49.9 Å². The predicted octanol–water partition coefficient (Wildman–Crippen LogP) is 1.23. The molecule has 2 amide bonds. The second kappa shape index (κ2) is 4.68. The summed E-state index contributed by atoms with van der Waals surface area (Å²) in [5, 5.41) is 9.20. The summed E-state index contributed by atoms with van der Waals surface area (Å²) in [5.41, 5.74) is 0.571. The van der Waals surface area contributed by atoms with Crippen LogP contribution >= 0.6 is 0 Å². The lowest BCUT2D eigenvalue weighted by atomic mass is 10.1. The Bertz CT molecular complexity index is 543. The number of nitrogens with zero attached hydrogens (tertiary/aromatic N) is 2. The molecule has 0 radical (unpaired) electrons. The molecule has 1 aliphatic rings. The fourth-order valence-electron chi connectivity index (χ4n) is 1.98. The number of hydrogen-bond donors (Lipinski definition) is 1. The molecular formula is C12H14N2O5. The Balaban J connectivity index is 2.64. The van der Waals surface area contributed by atoms with Crippen LogP contribution in [0.25, 0.3) is 0 Å². The zero-order valence-corrected chi connectivity index (χ0v) is 10.8. The van der Waals surface area contributed by atoms with E-state index in [-0.39, 0.29) is 18.1 Å². The van der Waals surface area contributed by atoms with Gasteiger partial charge in [0.15, 0.2) is 11.5 Å². The molecular weight excluding hydrogens is 252 g/mol. The van der Waals surface area contributed by atoms with Crippen molar-refractivity contribution in [3.8, 4) is 11.5 Å². The number of rotatable bonds is 2. The van der Waals surface area contributed by atoms with E-state index in [1.54, 1.807) is 0 Å². The summed E-state index contributed by atoms with van der Waals surface area (Å²) in [6.07, 6.45) is -1.13. The quantitative estimate of drug-likeness (QED) is 0.871. The van der Waals surface area contributed by atoms with Crippen molar-refractivity contribution in [2.75, 3.05) is 32.8 Å². The van der Waals surface area contributed by atoms with Crippen LogP contribution in [-0.2, 0) is 0 Å². The van der Waals surface area contributed by atoms with Gasteiger partial charge in [-0.15, -0.1) is 0 Å². The van der Waals surface area contributed by atoms with Crippen molar-refractivity contribution < 1.29 is 24.2 Å². The number of methoxy groups -OCH3 is 2. The summed E-state index contributed by atoms with van der Waals surface area (Å²) in [5.74, 6) is 0.508. The summed E-state index contributed by atoms with van der Waals surface area (Å²) in [7, 11) is 4.44.